The molecule has 0 fully saturated rings. The molecule has 0 amide bonds. The molecular weight excluding hydrogens is 266 g/mol. The van der Waals surface area contributed by atoms with Crippen molar-refractivity contribution in [2.75, 3.05) is 13.6 Å². The summed E-state index contributed by atoms with van der Waals surface area (Å²) in [5.74, 6) is 0.592. The lowest BCUT2D eigenvalue weighted by Gasteiger charge is -2.18. The molecule has 0 bridgehead atoms. The molecule has 1 nitrogen and oxygen atoms in total. The lowest BCUT2D eigenvalue weighted by molar-refractivity contribution is 0.538. The predicted molar refractivity (Wildman–Crippen MR) is 100 cm³/mol. The minimum atomic E-state index is 0.592. The van der Waals surface area contributed by atoms with Crippen LogP contribution in [0.3, 0.4) is 0 Å². The third-order valence-electron chi connectivity index (χ3n) is 3.92. The number of hydrogen-bond acceptors (Lipinski definition) is 1. The number of allylic oxidation sites excluding steroid dienone is 5. The zero-order valence-corrected chi connectivity index (χ0v) is 14.6. The summed E-state index contributed by atoms with van der Waals surface area (Å²) in [6.45, 7) is 7.54. The van der Waals surface area contributed by atoms with E-state index in [1.165, 1.54) is 23.1 Å². The molecule has 0 saturated carbocycles. The molecule has 0 aliphatic rings. The predicted octanol–water partition coefficient (Wildman–Crippen LogP) is 5.40. The summed E-state index contributed by atoms with van der Waals surface area (Å²) in [4.78, 5) is 0. The second kappa shape index (κ2) is 11.0. The Labute approximate surface area is 136 Å². The van der Waals surface area contributed by atoms with Gasteiger partial charge in [0.1, 0.15) is 0 Å². The van der Waals surface area contributed by atoms with Crippen molar-refractivity contribution < 1.29 is 0 Å². The lowest BCUT2D eigenvalue weighted by atomic mass is 9.89. The molecule has 0 spiro atoms. The van der Waals surface area contributed by atoms with Gasteiger partial charge in [-0.1, -0.05) is 67.1 Å². The van der Waals surface area contributed by atoms with Gasteiger partial charge in [0.05, 0.1) is 0 Å². The van der Waals surface area contributed by atoms with Crippen molar-refractivity contribution in [3.8, 4) is 0 Å². The van der Waals surface area contributed by atoms with Gasteiger partial charge in [-0.15, -0.1) is 0 Å². The lowest BCUT2D eigenvalue weighted by Crippen LogP contribution is -2.16. The molecule has 1 rings (SSSR count). The average Bonchev–Trinajstić information content (AvgIpc) is 2.54. The van der Waals surface area contributed by atoms with Crippen molar-refractivity contribution in [1.82, 2.24) is 5.32 Å². The summed E-state index contributed by atoms with van der Waals surface area (Å²) in [5, 5.41) is 3.28. The topological polar surface area (TPSA) is 12.0 Å². The summed E-state index contributed by atoms with van der Waals surface area (Å²) >= 11 is 0. The average molecular weight is 297 g/mol. The summed E-state index contributed by atoms with van der Waals surface area (Å²) in [6, 6.07) is 8.92. The van der Waals surface area contributed by atoms with Crippen molar-refractivity contribution in [3.05, 3.63) is 65.3 Å². The van der Waals surface area contributed by atoms with E-state index < -0.39 is 0 Å². The molecule has 1 unspecified atom stereocenters. The maximum Gasteiger partial charge on any atom is -0.00461 e. The van der Waals surface area contributed by atoms with E-state index in [4.69, 9.17) is 0 Å². The van der Waals surface area contributed by atoms with Crippen molar-refractivity contribution in [3.63, 3.8) is 0 Å². The highest BCUT2D eigenvalue weighted by molar-refractivity contribution is 5.50. The molecule has 1 aromatic carbocycles. The van der Waals surface area contributed by atoms with Crippen LogP contribution >= 0.6 is 0 Å². The maximum atomic E-state index is 3.28. The Kier molecular flexibility index (Phi) is 9.25. The Balaban J connectivity index is 2.86. The minimum absolute atomic E-state index is 0.592. The van der Waals surface area contributed by atoms with Crippen molar-refractivity contribution in [1.29, 1.82) is 0 Å². The Morgan fingerprint density at radius 1 is 1.32 bits per heavy atom. The van der Waals surface area contributed by atoms with Gasteiger partial charge in [-0.3, -0.25) is 0 Å². The molecule has 1 heteroatoms. The molecular formula is C21H31N. The van der Waals surface area contributed by atoms with E-state index in [1.807, 2.05) is 7.05 Å². The van der Waals surface area contributed by atoms with Gasteiger partial charge in [0, 0.05) is 0 Å². The molecule has 0 aliphatic carbocycles. The second-order valence-electron chi connectivity index (χ2n) is 5.79. The fourth-order valence-electron chi connectivity index (χ4n) is 2.56. The van der Waals surface area contributed by atoms with Crippen molar-refractivity contribution >= 4 is 6.08 Å². The Hall–Kier alpha value is -1.60. The molecule has 1 N–H and O–H groups in total. The molecule has 0 radical (unpaired) electrons. The van der Waals surface area contributed by atoms with E-state index in [1.54, 1.807) is 0 Å². The Morgan fingerprint density at radius 3 is 2.82 bits per heavy atom. The van der Waals surface area contributed by atoms with Crippen LogP contribution < -0.4 is 5.32 Å². The molecule has 0 aromatic heterocycles. The molecule has 1 aromatic rings. The normalized spacial score (nSPS) is 14.1. The first-order valence-corrected chi connectivity index (χ1v) is 8.40. The molecule has 120 valence electrons. The Bertz CT molecular complexity index is 508. The van der Waals surface area contributed by atoms with Crippen LogP contribution in [0.1, 0.15) is 44.7 Å². The van der Waals surface area contributed by atoms with E-state index >= 15 is 0 Å². The smallest absolute Gasteiger partial charge is 0.00461 e. The van der Waals surface area contributed by atoms with Crippen LogP contribution in [0.4, 0.5) is 0 Å². The van der Waals surface area contributed by atoms with E-state index in [2.05, 4.69) is 80.7 Å². The number of rotatable bonds is 9. The first kappa shape index (κ1) is 18.4. The van der Waals surface area contributed by atoms with Gasteiger partial charge in [0.15, 0.2) is 0 Å². The summed E-state index contributed by atoms with van der Waals surface area (Å²) in [6.07, 6.45) is 14.3. The third kappa shape index (κ3) is 6.91. The zero-order chi connectivity index (χ0) is 16.2. The van der Waals surface area contributed by atoms with Gasteiger partial charge >= 0.3 is 0 Å². The number of nitrogens with one attached hydrogen (secondary N) is 1. The minimum Gasteiger partial charge on any atom is -0.320 e. The first-order chi connectivity index (χ1) is 10.7. The number of hydrogen-bond donors (Lipinski definition) is 1. The van der Waals surface area contributed by atoms with E-state index in [9.17, 15) is 0 Å². The fourth-order valence-corrected chi connectivity index (χ4v) is 2.56. The first-order valence-electron chi connectivity index (χ1n) is 8.40. The maximum absolute atomic E-state index is 3.28. The third-order valence-corrected chi connectivity index (χ3v) is 3.92. The largest absolute Gasteiger partial charge is 0.320 e. The van der Waals surface area contributed by atoms with Crippen LogP contribution in [-0.4, -0.2) is 13.6 Å². The van der Waals surface area contributed by atoms with Crippen molar-refractivity contribution in [2.45, 2.75) is 40.0 Å². The fraction of sp³-hybridized carbons (Fsp3) is 0.429. The molecule has 1 atom stereocenters. The van der Waals surface area contributed by atoms with Crippen LogP contribution in [0.2, 0.25) is 0 Å². The van der Waals surface area contributed by atoms with Crippen LogP contribution in [0.25, 0.3) is 6.08 Å². The van der Waals surface area contributed by atoms with Crippen molar-refractivity contribution in [2.24, 2.45) is 5.92 Å². The highest BCUT2D eigenvalue weighted by Gasteiger charge is 2.11. The van der Waals surface area contributed by atoms with E-state index in [0.717, 1.165) is 19.4 Å². The van der Waals surface area contributed by atoms with Gasteiger partial charge < -0.3 is 5.32 Å². The summed E-state index contributed by atoms with van der Waals surface area (Å²) < 4.78 is 0. The van der Waals surface area contributed by atoms with Crippen LogP contribution in [-0.2, 0) is 6.42 Å². The van der Waals surface area contributed by atoms with Gasteiger partial charge in [-0.2, -0.15) is 0 Å². The highest BCUT2D eigenvalue weighted by atomic mass is 14.8. The SMILES string of the molecule is C/C=C\C=C(/C)C(CCNC)Cc1cccc(/C=C\CC)c1. The zero-order valence-electron chi connectivity index (χ0n) is 14.6. The van der Waals surface area contributed by atoms with E-state index in [0.29, 0.717) is 5.92 Å². The standard InChI is InChI=1S/C21H31N/c1-5-7-10-18(3)21(14-15-22-4)17-20-13-9-12-19(16-20)11-8-6-2/h5,7-13,16,21-22H,6,14-15,17H2,1-4H3/b7-5-,11-8-,18-10+. The van der Waals surface area contributed by atoms with Gasteiger partial charge in [-0.25, -0.2) is 0 Å². The molecule has 22 heavy (non-hydrogen) atoms. The van der Waals surface area contributed by atoms with Gasteiger partial charge in [0.25, 0.3) is 0 Å². The van der Waals surface area contributed by atoms with Crippen LogP contribution in [0.5, 0.6) is 0 Å². The molecule has 0 heterocycles. The molecule has 0 saturated heterocycles. The molecule has 0 aliphatic heterocycles. The Morgan fingerprint density at radius 2 is 2.14 bits per heavy atom. The monoisotopic (exact) mass is 297 g/mol. The highest BCUT2D eigenvalue weighted by Crippen LogP contribution is 2.21. The van der Waals surface area contributed by atoms with E-state index in [-0.39, 0.29) is 0 Å². The van der Waals surface area contributed by atoms with Crippen LogP contribution in [0, 0.1) is 5.92 Å². The van der Waals surface area contributed by atoms with Gasteiger partial charge in [0.2, 0.25) is 0 Å². The summed E-state index contributed by atoms with van der Waals surface area (Å²) in [7, 11) is 2.03. The van der Waals surface area contributed by atoms with Gasteiger partial charge in [-0.05, 0) is 63.7 Å². The number of benzene rings is 1. The van der Waals surface area contributed by atoms with Crippen LogP contribution in [0.15, 0.2) is 54.1 Å². The summed E-state index contributed by atoms with van der Waals surface area (Å²) in [5.41, 5.74) is 4.19. The second-order valence-corrected chi connectivity index (χ2v) is 5.79. The quantitative estimate of drug-likeness (QED) is 0.602.